The topological polar surface area (TPSA) is 66.5 Å². The standard InChI is InChI=1S/C19H19BrCl2N2O3S/c1-12-6-8-24(9-7-12)28(26,27)14-3-5-17(21)15(11-14)19(25)23-13-2-4-16(20)18(22)10-13/h2-5,10-12H,6-9H2,1H3,(H,23,25). The molecular formula is C19H19BrCl2N2O3S. The maximum Gasteiger partial charge on any atom is 0.257 e. The number of hydrogen-bond acceptors (Lipinski definition) is 3. The van der Waals surface area contributed by atoms with E-state index in [0.717, 1.165) is 12.8 Å². The summed E-state index contributed by atoms with van der Waals surface area (Å²) in [4.78, 5) is 12.7. The van der Waals surface area contributed by atoms with Crippen LogP contribution in [0.15, 0.2) is 45.8 Å². The van der Waals surface area contributed by atoms with Gasteiger partial charge in [-0.15, -0.1) is 0 Å². The van der Waals surface area contributed by atoms with Crippen molar-refractivity contribution < 1.29 is 13.2 Å². The van der Waals surface area contributed by atoms with Gasteiger partial charge in [0.25, 0.3) is 5.91 Å². The Balaban J connectivity index is 1.86. The van der Waals surface area contributed by atoms with Gasteiger partial charge in [-0.1, -0.05) is 30.1 Å². The number of carbonyl (C=O) groups is 1. The molecule has 0 unspecified atom stereocenters. The Hall–Kier alpha value is -1.12. The molecule has 9 heteroatoms. The molecule has 0 saturated carbocycles. The van der Waals surface area contributed by atoms with E-state index < -0.39 is 15.9 Å². The molecule has 1 N–H and O–H groups in total. The van der Waals surface area contributed by atoms with Crippen molar-refractivity contribution in [3.8, 4) is 0 Å². The Morgan fingerprint density at radius 3 is 2.43 bits per heavy atom. The van der Waals surface area contributed by atoms with Gasteiger partial charge >= 0.3 is 0 Å². The van der Waals surface area contributed by atoms with E-state index in [-0.39, 0.29) is 15.5 Å². The molecule has 0 spiro atoms. The number of amides is 1. The van der Waals surface area contributed by atoms with Gasteiger partial charge in [0.15, 0.2) is 0 Å². The number of carbonyl (C=O) groups excluding carboxylic acids is 1. The van der Waals surface area contributed by atoms with Crippen LogP contribution in [0.3, 0.4) is 0 Å². The summed E-state index contributed by atoms with van der Waals surface area (Å²) in [6, 6.07) is 9.17. The number of piperidine rings is 1. The third-order valence-corrected chi connectivity index (χ3v) is 8.20. The van der Waals surface area contributed by atoms with Crippen LogP contribution in [0.4, 0.5) is 5.69 Å². The lowest BCUT2D eigenvalue weighted by atomic mass is 10.0. The molecule has 1 saturated heterocycles. The van der Waals surface area contributed by atoms with E-state index in [9.17, 15) is 13.2 Å². The first-order valence-corrected chi connectivity index (χ1v) is 11.7. The highest BCUT2D eigenvalue weighted by atomic mass is 79.9. The number of nitrogens with zero attached hydrogens (tertiary/aromatic N) is 1. The minimum absolute atomic E-state index is 0.0606. The van der Waals surface area contributed by atoms with Gasteiger partial charge in [-0.25, -0.2) is 8.42 Å². The van der Waals surface area contributed by atoms with Gasteiger partial charge in [-0.05, 0) is 71.1 Å². The fourth-order valence-corrected chi connectivity index (χ4v) is 5.11. The van der Waals surface area contributed by atoms with E-state index in [1.54, 1.807) is 18.2 Å². The van der Waals surface area contributed by atoms with Gasteiger partial charge < -0.3 is 5.32 Å². The molecule has 5 nitrogen and oxygen atoms in total. The quantitative estimate of drug-likeness (QED) is 0.602. The van der Waals surface area contributed by atoms with Crippen LogP contribution in [0, 0.1) is 5.92 Å². The van der Waals surface area contributed by atoms with Crippen molar-refractivity contribution >= 4 is 60.7 Å². The Morgan fingerprint density at radius 1 is 1.11 bits per heavy atom. The zero-order valence-electron chi connectivity index (χ0n) is 15.1. The van der Waals surface area contributed by atoms with Crippen molar-refractivity contribution in [1.29, 1.82) is 0 Å². The molecular weight excluding hydrogens is 487 g/mol. The van der Waals surface area contributed by atoms with E-state index in [1.165, 1.54) is 22.5 Å². The highest BCUT2D eigenvalue weighted by Crippen LogP contribution is 2.28. The number of rotatable bonds is 4. The van der Waals surface area contributed by atoms with Crippen molar-refractivity contribution in [2.75, 3.05) is 18.4 Å². The van der Waals surface area contributed by atoms with Gasteiger partial charge in [0, 0.05) is 23.2 Å². The van der Waals surface area contributed by atoms with Crippen LogP contribution in [-0.2, 0) is 10.0 Å². The van der Waals surface area contributed by atoms with Crippen molar-refractivity contribution in [2.45, 2.75) is 24.7 Å². The van der Waals surface area contributed by atoms with Crippen molar-refractivity contribution in [1.82, 2.24) is 4.31 Å². The molecule has 28 heavy (non-hydrogen) atoms. The third kappa shape index (κ3) is 4.71. The van der Waals surface area contributed by atoms with Crippen LogP contribution in [0.2, 0.25) is 10.0 Å². The lowest BCUT2D eigenvalue weighted by molar-refractivity contribution is 0.102. The lowest BCUT2D eigenvalue weighted by Gasteiger charge is -2.29. The second-order valence-electron chi connectivity index (χ2n) is 6.81. The second-order valence-corrected chi connectivity index (χ2v) is 10.4. The predicted molar refractivity (Wildman–Crippen MR) is 116 cm³/mol. The fraction of sp³-hybridized carbons (Fsp3) is 0.316. The van der Waals surface area contributed by atoms with Gasteiger partial charge in [0.2, 0.25) is 10.0 Å². The first kappa shape index (κ1) is 21.6. The Kier molecular flexibility index (Phi) is 6.72. The van der Waals surface area contributed by atoms with Gasteiger partial charge in [0.1, 0.15) is 0 Å². The number of nitrogens with one attached hydrogen (secondary N) is 1. The van der Waals surface area contributed by atoms with Crippen LogP contribution in [0.1, 0.15) is 30.1 Å². The summed E-state index contributed by atoms with van der Waals surface area (Å²) in [5.74, 6) is 0.00319. The molecule has 1 amide bonds. The predicted octanol–water partition coefficient (Wildman–Crippen LogP) is 5.43. The number of hydrogen-bond donors (Lipinski definition) is 1. The molecule has 0 radical (unpaired) electrons. The van der Waals surface area contributed by atoms with Crippen LogP contribution in [0.25, 0.3) is 0 Å². The summed E-state index contributed by atoms with van der Waals surface area (Å²) < 4.78 is 28.1. The largest absolute Gasteiger partial charge is 0.322 e. The lowest BCUT2D eigenvalue weighted by Crippen LogP contribution is -2.37. The number of halogens is 3. The fourth-order valence-electron chi connectivity index (χ4n) is 2.99. The van der Waals surface area contributed by atoms with Gasteiger partial charge in [0.05, 0.1) is 20.5 Å². The highest BCUT2D eigenvalue weighted by Gasteiger charge is 2.29. The number of sulfonamides is 1. The maximum absolute atomic E-state index is 12.9. The molecule has 150 valence electrons. The number of anilines is 1. The highest BCUT2D eigenvalue weighted by molar-refractivity contribution is 9.10. The van der Waals surface area contributed by atoms with Gasteiger partial charge in [-0.2, -0.15) is 4.31 Å². The molecule has 1 aliphatic rings. The molecule has 1 aliphatic heterocycles. The van der Waals surface area contributed by atoms with E-state index in [1.807, 2.05) is 0 Å². The van der Waals surface area contributed by atoms with Crippen molar-refractivity contribution in [3.05, 3.63) is 56.5 Å². The summed E-state index contributed by atoms with van der Waals surface area (Å²) in [7, 11) is -3.68. The first-order chi connectivity index (χ1) is 13.2. The molecule has 1 heterocycles. The minimum atomic E-state index is -3.68. The van der Waals surface area contributed by atoms with Crippen molar-refractivity contribution in [3.63, 3.8) is 0 Å². The summed E-state index contributed by atoms with van der Waals surface area (Å²) in [6.45, 7) is 3.07. The van der Waals surface area contributed by atoms with E-state index >= 15 is 0 Å². The minimum Gasteiger partial charge on any atom is -0.322 e. The van der Waals surface area contributed by atoms with Crippen LogP contribution in [0.5, 0.6) is 0 Å². The molecule has 3 rings (SSSR count). The summed E-state index contributed by atoms with van der Waals surface area (Å²) in [6.07, 6.45) is 1.65. The maximum atomic E-state index is 12.9. The van der Waals surface area contributed by atoms with Crippen LogP contribution < -0.4 is 5.32 Å². The summed E-state index contributed by atoms with van der Waals surface area (Å²) in [5, 5.41) is 3.31. The summed E-state index contributed by atoms with van der Waals surface area (Å²) >= 11 is 15.5. The zero-order valence-corrected chi connectivity index (χ0v) is 19.0. The summed E-state index contributed by atoms with van der Waals surface area (Å²) in [5.41, 5.74) is 0.569. The smallest absolute Gasteiger partial charge is 0.257 e. The average Bonchev–Trinajstić information content (AvgIpc) is 2.65. The normalized spacial score (nSPS) is 16.1. The molecule has 0 bridgehead atoms. The van der Waals surface area contributed by atoms with Crippen LogP contribution >= 0.6 is 39.1 Å². The SMILES string of the molecule is CC1CCN(S(=O)(=O)c2ccc(Cl)c(C(=O)Nc3ccc(Br)c(Cl)c3)c2)CC1. The Morgan fingerprint density at radius 2 is 1.79 bits per heavy atom. The molecule has 0 aromatic heterocycles. The molecule has 2 aromatic carbocycles. The van der Waals surface area contributed by atoms with E-state index in [0.29, 0.717) is 34.2 Å². The van der Waals surface area contributed by atoms with E-state index in [2.05, 4.69) is 28.2 Å². The zero-order chi connectivity index (χ0) is 20.5. The molecule has 2 aromatic rings. The number of benzene rings is 2. The Labute approximate surface area is 183 Å². The third-order valence-electron chi connectivity index (χ3n) is 4.74. The molecule has 0 atom stereocenters. The van der Waals surface area contributed by atoms with E-state index in [4.69, 9.17) is 23.2 Å². The molecule has 1 fully saturated rings. The molecule has 0 aliphatic carbocycles. The van der Waals surface area contributed by atoms with Crippen LogP contribution in [-0.4, -0.2) is 31.7 Å². The monoisotopic (exact) mass is 504 g/mol. The average molecular weight is 506 g/mol. The van der Waals surface area contributed by atoms with Crippen molar-refractivity contribution in [2.24, 2.45) is 5.92 Å². The second kappa shape index (κ2) is 8.71. The first-order valence-electron chi connectivity index (χ1n) is 8.74. The van der Waals surface area contributed by atoms with Gasteiger partial charge in [-0.3, -0.25) is 4.79 Å². The Bertz CT molecular complexity index is 1010.